The minimum Gasteiger partial charge on any atom is -0.365 e. The van der Waals surface area contributed by atoms with Crippen LogP contribution < -0.4 is 16.2 Å². The van der Waals surface area contributed by atoms with Gasteiger partial charge in [-0.15, -0.1) is 0 Å². The van der Waals surface area contributed by atoms with Crippen LogP contribution in [-0.4, -0.2) is 40.9 Å². The second-order valence-electron chi connectivity index (χ2n) is 9.73. The number of anilines is 2. The molecular weight excluding hydrogens is 426 g/mol. The maximum absolute atomic E-state index is 12.1. The van der Waals surface area contributed by atoms with E-state index in [1.807, 2.05) is 11.0 Å². The summed E-state index contributed by atoms with van der Waals surface area (Å²) < 4.78 is 0. The van der Waals surface area contributed by atoms with Crippen LogP contribution in [0.25, 0.3) is 0 Å². The molecule has 4 rings (SSSR count). The van der Waals surface area contributed by atoms with Crippen molar-refractivity contribution in [3.05, 3.63) is 88.0 Å². The third-order valence-corrected chi connectivity index (χ3v) is 7.15. The zero-order chi connectivity index (χ0) is 24.3. The molecule has 2 aromatic heterocycles. The van der Waals surface area contributed by atoms with E-state index in [2.05, 4.69) is 60.0 Å². The van der Waals surface area contributed by atoms with Crippen molar-refractivity contribution in [3.8, 4) is 0 Å². The standard InChI is InChI=1S/C27H33N5O2/c1-27(2,21-11-15-31(3)16-12-21)20-6-8-22(9-7-20)32(18-19-10-14-29-24(33)17-19)26-23(25(28)34)5-4-13-30-26/h4-10,13-14,17,21H,11-12,15-16,18H2,1-3H3,(H2,28,34)(H,29,33). The van der Waals surface area contributed by atoms with Crippen LogP contribution in [-0.2, 0) is 12.0 Å². The van der Waals surface area contributed by atoms with Crippen molar-refractivity contribution in [1.29, 1.82) is 0 Å². The van der Waals surface area contributed by atoms with Gasteiger partial charge in [0.25, 0.3) is 5.91 Å². The van der Waals surface area contributed by atoms with Crippen LogP contribution in [0, 0.1) is 5.92 Å². The summed E-state index contributed by atoms with van der Waals surface area (Å²) in [5, 5.41) is 0. The summed E-state index contributed by atoms with van der Waals surface area (Å²) in [7, 11) is 2.19. The Morgan fingerprint density at radius 2 is 1.88 bits per heavy atom. The number of carbonyl (C=O) groups is 1. The van der Waals surface area contributed by atoms with Crippen molar-refractivity contribution in [2.45, 2.75) is 38.6 Å². The Morgan fingerprint density at radius 3 is 2.53 bits per heavy atom. The smallest absolute Gasteiger partial charge is 0.252 e. The molecule has 1 aromatic carbocycles. The van der Waals surface area contributed by atoms with Gasteiger partial charge in [-0.25, -0.2) is 4.98 Å². The number of primary amides is 1. The number of pyridine rings is 2. The fourth-order valence-electron chi connectivity index (χ4n) is 4.90. The van der Waals surface area contributed by atoms with E-state index >= 15 is 0 Å². The van der Waals surface area contributed by atoms with Crippen molar-refractivity contribution in [2.75, 3.05) is 25.0 Å². The quantitative estimate of drug-likeness (QED) is 0.560. The van der Waals surface area contributed by atoms with Crippen LogP contribution in [0.5, 0.6) is 0 Å². The van der Waals surface area contributed by atoms with E-state index in [0.717, 1.165) is 24.3 Å². The molecule has 3 N–H and O–H groups in total. The molecule has 0 saturated carbocycles. The first-order valence-electron chi connectivity index (χ1n) is 11.7. The number of rotatable bonds is 7. The number of nitrogens with zero attached hydrogens (tertiary/aromatic N) is 3. The second-order valence-corrected chi connectivity index (χ2v) is 9.73. The van der Waals surface area contributed by atoms with Gasteiger partial charge < -0.3 is 20.5 Å². The third-order valence-electron chi connectivity index (χ3n) is 7.15. The van der Waals surface area contributed by atoms with Crippen molar-refractivity contribution in [1.82, 2.24) is 14.9 Å². The first-order chi connectivity index (χ1) is 16.3. The Hall–Kier alpha value is -3.45. The molecule has 0 atom stereocenters. The minimum absolute atomic E-state index is 0.0563. The summed E-state index contributed by atoms with van der Waals surface area (Å²) >= 11 is 0. The largest absolute Gasteiger partial charge is 0.365 e. The molecule has 7 heteroatoms. The zero-order valence-corrected chi connectivity index (χ0v) is 20.1. The highest BCUT2D eigenvalue weighted by atomic mass is 16.1. The summed E-state index contributed by atoms with van der Waals surface area (Å²) in [5.74, 6) is 0.551. The second kappa shape index (κ2) is 9.81. The lowest BCUT2D eigenvalue weighted by atomic mass is 9.69. The molecule has 1 saturated heterocycles. The topological polar surface area (TPSA) is 95.3 Å². The number of H-pyrrole nitrogens is 1. The van der Waals surface area contributed by atoms with Gasteiger partial charge in [-0.3, -0.25) is 9.59 Å². The lowest BCUT2D eigenvalue weighted by Gasteiger charge is -2.40. The van der Waals surface area contributed by atoms with Gasteiger partial charge in [-0.1, -0.05) is 26.0 Å². The molecule has 1 aliphatic heterocycles. The Labute approximate surface area is 200 Å². The number of aromatic amines is 1. The van der Waals surface area contributed by atoms with E-state index in [-0.39, 0.29) is 11.0 Å². The van der Waals surface area contributed by atoms with Gasteiger partial charge in [-0.05, 0) is 85.8 Å². The van der Waals surface area contributed by atoms with Crippen molar-refractivity contribution in [3.63, 3.8) is 0 Å². The van der Waals surface area contributed by atoms with Crippen LogP contribution in [0.15, 0.2) is 65.7 Å². The molecule has 0 aliphatic carbocycles. The average molecular weight is 460 g/mol. The number of nitrogens with two attached hydrogens (primary N) is 1. The number of amides is 1. The lowest BCUT2D eigenvalue weighted by Crippen LogP contribution is -2.39. The Morgan fingerprint density at radius 1 is 1.18 bits per heavy atom. The molecule has 3 aromatic rings. The molecule has 0 radical (unpaired) electrons. The maximum Gasteiger partial charge on any atom is 0.252 e. The summed E-state index contributed by atoms with van der Waals surface area (Å²) in [4.78, 5) is 35.5. The van der Waals surface area contributed by atoms with Gasteiger partial charge in [0.1, 0.15) is 5.82 Å². The number of hydrogen-bond acceptors (Lipinski definition) is 5. The zero-order valence-electron chi connectivity index (χ0n) is 20.1. The average Bonchev–Trinajstić information content (AvgIpc) is 2.83. The third kappa shape index (κ3) is 5.04. The first kappa shape index (κ1) is 23.7. The Bertz CT molecular complexity index is 1190. The summed E-state index contributed by atoms with van der Waals surface area (Å²) in [6.45, 7) is 7.29. The molecule has 1 aliphatic rings. The summed E-state index contributed by atoms with van der Waals surface area (Å²) in [5.41, 5.74) is 8.85. The number of likely N-dealkylation sites (tertiary alicyclic amines) is 1. The van der Waals surface area contributed by atoms with Crippen molar-refractivity contribution >= 4 is 17.4 Å². The van der Waals surface area contributed by atoms with E-state index in [1.54, 1.807) is 30.6 Å². The Balaban J connectivity index is 1.69. The van der Waals surface area contributed by atoms with Crippen LogP contribution in [0.4, 0.5) is 11.5 Å². The SMILES string of the molecule is CN1CCC(C(C)(C)c2ccc(N(Cc3cc[nH]c(=O)c3)c3ncccc3C(N)=O)cc2)CC1. The summed E-state index contributed by atoms with van der Waals surface area (Å²) in [6, 6.07) is 15.2. The lowest BCUT2D eigenvalue weighted by molar-refractivity contribution is 0.100. The van der Waals surface area contributed by atoms with Gasteiger partial charge in [0, 0.05) is 30.7 Å². The highest BCUT2D eigenvalue weighted by Gasteiger charge is 2.33. The van der Waals surface area contributed by atoms with Gasteiger partial charge in [0.2, 0.25) is 5.56 Å². The van der Waals surface area contributed by atoms with E-state index in [4.69, 9.17) is 5.73 Å². The number of benzene rings is 1. The van der Waals surface area contributed by atoms with Gasteiger partial charge in [-0.2, -0.15) is 0 Å². The van der Waals surface area contributed by atoms with Crippen LogP contribution in [0.3, 0.4) is 0 Å². The van der Waals surface area contributed by atoms with Gasteiger partial charge in [0.05, 0.1) is 5.56 Å². The van der Waals surface area contributed by atoms with E-state index in [0.29, 0.717) is 23.8 Å². The monoisotopic (exact) mass is 459 g/mol. The van der Waals surface area contributed by atoms with E-state index in [1.165, 1.54) is 18.4 Å². The van der Waals surface area contributed by atoms with Crippen LogP contribution in [0.1, 0.15) is 48.2 Å². The molecule has 34 heavy (non-hydrogen) atoms. The highest BCUT2D eigenvalue weighted by Crippen LogP contribution is 2.39. The highest BCUT2D eigenvalue weighted by molar-refractivity contribution is 5.98. The molecule has 1 amide bonds. The Kier molecular flexibility index (Phi) is 6.84. The van der Waals surface area contributed by atoms with Crippen molar-refractivity contribution in [2.24, 2.45) is 11.7 Å². The van der Waals surface area contributed by atoms with Gasteiger partial charge >= 0.3 is 0 Å². The first-order valence-corrected chi connectivity index (χ1v) is 11.7. The van der Waals surface area contributed by atoms with E-state index < -0.39 is 5.91 Å². The maximum atomic E-state index is 12.1. The molecule has 3 heterocycles. The summed E-state index contributed by atoms with van der Waals surface area (Å²) in [6.07, 6.45) is 5.65. The predicted molar refractivity (Wildman–Crippen MR) is 135 cm³/mol. The number of aromatic nitrogens is 2. The van der Waals surface area contributed by atoms with Crippen molar-refractivity contribution < 1.29 is 4.79 Å². The van der Waals surface area contributed by atoms with Crippen LogP contribution >= 0.6 is 0 Å². The number of piperidine rings is 1. The fourth-order valence-corrected chi connectivity index (χ4v) is 4.90. The van der Waals surface area contributed by atoms with Crippen LogP contribution in [0.2, 0.25) is 0 Å². The number of nitrogens with one attached hydrogen (secondary N) is 1. The van der Waals surface area contributed by atoms with Gasteiger partial charge in [0.15, 0.2) is 0 Å². The molecule has 0 unspecified atom stereocenters. The number of carbonyl (C=O) groups excluding carboxylic acids is 1. The number of hydrogen-bond donors (Lipinski definition) is 2. The molecular formula is C27H33N5O2. The van der Waals surface area contributed by atoms with E-state index in [9.17, 15) is 9.59 Å². The molecule has 1 fully saturated rings. The molecule has 0 bridgehead atoms. The normalized spacial score (nSPS) is 15.3. The molecule has 0 spiro atoms. The molecule has 178 valence electrons. The molecule has 7 nitrogen and oxygen atoms in total. The minimum atomic E-state index is -0.543. The fraction of sp³-hybridized carbons (Fsp3) is 0.370. The predicted octanol–water partition coefficient (Wildman–Crippen LogP) is 3.83.